The van der Waals surface area contributed by atoms with E-state index < -0.39 is 0 Å². The first-order valence-corrected chi connectivity index (χ1v) is 8.74. The Hall–Kier alpha value is -1.88. The fourth-order valence-corrected chi connectivity index (χ4v) is 3.55. The number of amides is 1. The molecule has 3 rings (SSSR count). The summed E-state index contributed by atoms with van der Waals surface area (Å²) in [4.78, 5) is 27.0. The number of carbonyl (C=O) groups is 2. The van der Waals surface area contributed by atoms with Gasteiger partial charge in [-0.3, -0.25) is 9.59 Å². The number of ketones is 1. The average molecular weight is 331 g/mol. The zero-order valence-corrected chi connectivity index (χ0v) is 14.2. The molecule has 1 atom stereocenters. The first-order valence-electron chi connectivity index (χ1n) is 8.74. The Kier molecular flexibility index (Phi) is 5.51. The van der Waals surface area contributed by atoms with Gasteiger partial charge in [-0.2, -0.15) is 0 Å². The molecule has 1 amide bonds. The third-order valence-electron chi connectivity index (χ3n) is 5.06. The molecule has 0 aliphatic carbocycles. The smallest absolute Gasteiger partial charge is 0.228 e. The zero-order chi connectivity index (χ0) is 16.9. The summed E-state index contributed by atoms with van der Waals surface area (Å²) < 4.78 is 10.5. The highest BCUT2D eigenvalue weighted by molar-refractivity contribution is 5.98. The van der Waals surface area contributed by atoms with E-state index in [1.807, 2.05) is 29.2 Å². The van der Waals surface area contributed by atoms with Crippen LogP contribution in [0.5, 0.6) is 5.75 Å². The van der Waals surface area contributed by atoms with Crippen LogP contribution in [0.25, 0.3) is 0 Å². The molecule has 2 aliphatic heterocycles. The van der Waals surface area contributed by atoms with Gasteiger partial charge in [-0.05, 0) is 49.9 Å². The second kappa shape index (κ2) is 7.79. The number of likely N-dealkylation sites (tertiary alicyclic amines) is 1. The SMILES string of the molecule is COc1ccc(C(=O)C2CCN(C(=O)C3CCCOC3)CC2)cc1. The van der Waals surface area contributed by atoms with Gasteiger partial charge in [0.15, 0.2) is 5.78 Å². The standard InChI is InChI=1S/C19H25NO4/c1-23-17-6-4-14(5-7-17)18(21)15-8-10-20(11-9-15)19(22)16-3-2-12-24-13-16/h4-7,15-16H,2-3,8-13H2,1H3. The van der Waals surface area contributed by atoms with Crippen LogP contribution in [0.1, 0.15) is 36.0 Å². The number of methoxy groups -OCH3 is 1. The summed E-state index contributed by atoms with van der Waals surface area (Å²) in [5.41, 5.74) is 0.723. The number of ether oxygens (including phenoxy) is 2. The van der Waals surface area contributed by atoms with Crippen molar-refractivity contribution >= 4 is 11.7 Å². The van der Waals surface area contributed by atoms with Crippen molar-refractivity contribution in [1.29, 1.82) is 0 Å². The first kappa shape index (κ1) is 17.0. The van der Waals surface area contributed by atoms with Gasteiger partial charge in [0, 0.05) is 31.2 Å². The number of rotatable bonds is 4. The van der Waals surface area contributed by atoms with Crippen LogP contribution in [0.3, 0.4) is 0 Å². The highest BCUT2D eigenvalue weighted by Gasteiger charge is 2.31. The lowest BCUT2D eigenvalue weighted by Gasteiger charge is -2.34. The van der Waals surface area contributed by atoms with Crippen LogP contribution in [0, 0.1) is 11.8 Å². The molecule has 5 nitrogen and oxygen atoms in total. The van der Waals surface area contributed by atoms with Gasteiger partial charge in [-0.15, -0.1) is 0 Å². The predicted molar refractivity (Wildman–Crippen MR) is 90.2 cm³/mol. The molecule has 0 spiro atoms. The van der Waals surface area contributed by atoms with Gasteiger partial charge >= 0.3 is 0 Å². The van der Waals surface area contributed by atoms with Crippen LogP contribution in [-0.2, 0) is 9.53 Å². The zero-order valence-electron chi connectivity index (χ0n) is 14.2. The molecule has 0 bridgehead atoms. The molecule has 1 unspecified atom stereocenters. The van der Waals surface area contributed by atoms with Gasteiger partial charge < -0.3 is 14.4 Å². The lowest BCUT2D eigenvalue weighted by Crippen LogP contribution is -2.44. The van der Waals surface area contributed by atoms with E-state index in [1.165, 1.54) is 0 Å². The normalized spacial score (nSPS) is 22.2. The highest BCUT2D eigenvalue weighted by atomic mass is 16.5. The third-order valence-corrected chi connectivity index (χ3v) is 5.06. The molecule has 0 aromatic heterocycles. The fourth-order valence-electron chi connectivity index (χ4n) is 3.55. The Bertz CT molecular complexity index is 570. The van der Waals surface area contributed by atoms with Gasteiger partial charge in [0.05, 0.1) is 19.6 Å². The summed E-state index contributed by atoms with van der Waals surface area (Å²) in [6, 6.07) is 7.26. The number of nitrogens with zero attached hydrogens (tertiary/aromatic N) is 1. The summed E-state index contributed by atoms with van der Waals surface area (Å²) in [6.07, 6.45) is 3.36. The van der Waals surface area contributed by atoms with E-state index in [1.54, 1.807) is 7.11 Å². The maximum atomic E-state index is 12.6. The number of carbonyl (C=O) groups excluding carboxylic acids is 2. The van der Waals surface area contributed by atoms with Crippen LogP contribution in [0.4, 0.5) is 0 Å². The minimum absolute atomic E-state index is 0.00468. The summed E-state index contributed by atoms with van der Waals surface area (Å²) in [7, 11) is 1.61. The largest absolute Gasteiger partial charge is 0.497 e. The minimum Gasteiger partial charge on any atom is -0.497 e. The number of piperidine rings is 1. The summed E-state index contributed by atoms with van der Waals surface area (Å²) in [5.74, 6) is 1.13. The summed E-state index contributed by atoms with van der Waals surface area (Å²) >= 11 is 0. The number of hydrogen-bond donors (Lipinski definition) is 0. The van der Waals surface area contributed by atoms with Crippen molar-refractivity contribution in [2.75, 3.05) is 33.4 Å². The Morgan fingerprint density at radius 1 is 1.08 bits per heavy atom. The molecular formula is C19H25NO4. The van der Waals surface area contributed by atoms with Crippen molar-refractivity contribution in [2.45, 2.75) is 25.7 Å². The van der Waals surface area contributed by atoms with Crippen LogP contribution in [0.15, 0.2) is 24.3 Å². The quantitative estimate of drug-likeness (QED) is 0.796. The van der Waals surface area contributed by atoms with Crippen molar-refractivity contribution in [2.24, 2.45) is 11.8 Å². The Morgan fingerprint density at radius 3 is 2.38 bits per heavy atom. The van der Waals surface area contributed by atoms with Gasteiger partial charge in [0.2, 0.25) is 5.91 Å². The molecule has 2 fully saturated rings. The molecule has 2 heterocycles. The van der Waals surface area contributed by atoms with E-state index in [2.05, 4.69) is 0 Å². The lowest BCUT2D eigenvalue weighted by atomic mass is 9.88. The Morgan fingerprint density at radius 2 is 1.79 bits per heavy atom. The summed E-state index contributed by atoms with van der Waals surface area (Å²) in [5, 5.41) is 0. The van der Waals surface area contributed by atoms with Crippen molar-refractivity contribution in [3.8, 4) is 5.75 Å². The average Bonchev–Trinajstić information content (AvgIpc) is 2.68. The maximum Gasteiger partial charge on any atom is 0.228 e. The minimum atomic E-state index is 0.00468. The van der Waals surface area contributed by atoms with Crippen molar-refractivity contribution in [3.05, 3.63) is 29.8 Å². The molecular weight excluding hydrogens is 306 g/mol. The van der Waals surface area contributed by atoms with Crippen LogP contribution in [-0.4, -0.2) is 50.0 Å². The third kappa shape index (κ3) is 3.78. The Balaban J connectivity index is 1.54. The van der Waals surface area contributed by atoms with Crippen LogP contribution >= 0.6 is 0 Å². The van der Waals surface area contributed by atoms with Crippen molar-refractivity contribution < 1.29 is 19.1 Å². The lowest BCUT2D eigenvalue weighted by molar-refractivity contribution is -0.141. The fraction of sp³-hybridized carbons (Fsp3) is 0.579. The molecule has 2 aliphatic rings. The van der Waals surface area contributed by atoms with E-state index in [4.69, 9.17) is 9.47 Å². The van der Waals surface area contributed by atoms with Gasteiger partial charge in [0.1, 0.15) is 5.75 Å². The number of Topliss-reactive ketones (excluding diaryl/α,β-unsaturated/α-hetero) is 1. The van der Waals surface area contributed by atoms with Crippen molar-refractivity contribution in [1.82, 2.24) is 4.90 Å². The second-order valence-electron chi connectivity index (χ2n) is 6.61. The molecule has 5 heteroatoms. The molecule has 1 aromatic carbocycles. The van der Waals surface area contributed by atoms with Crippen LogP contribution in [0.2, 0.25) is 0 Å². The van der Waals surface area contributed by atoms with Gasteiger partial charge in [-0.1, -0.05) is 0 Å². The molecule has 0 radical (unpaired) electrons. The highest BCUT2D eigenvalue weighted by Crippen LogP contribution is 2.25. The van der Waals surface area contributed by atoms with E-state index >= 15 is 0 Å². The summed E-state index contributed by atoms with van der Waals surface area (Å²) in [6.45, 7) is 2.65. The number of hydrogen-bond acceptors (Lipinski definition) is 4. The topological polar surface area (TPSA) is 55.8 Å². The Labute approximate surface area is 142 Å². The second-order valence-corrected chi connectivity index (χ2v) is 6.61. The number of benzene rings is 1. The van der Waals surface area contributed by atoms with E-state index in [-0.39, 0.29) is 23.5 Å². The van der Waals surface area contributed by atoms with E-state index in [0.29, 0.717) is 19.7 Å². The van der Waals surface area contributed by atoms with E-state index in [9.17, 15) is 9.59 Å². The molecule has 2 saturated heterocycles. The molecule has 24 heavy (non-hydrogen) atoms. The first-order chi connectivity index (χ1) is 11.7. The maximum absolute atomic E-state index is 12.6. The van der Waals surface area contributed by atoms with E-state index in [0.717, 1.165) is 43.6 Å². The van der Waals surface area contributed by atoms with Gasteiger partial charge in [-0.25, -0.2) is 0 Å². The molecule has 1 aromatic rings. The van der Waals surface area contributed by atoms with Crippen molar-refractivity contribution in [3.63, 3.8) is 0 Å². The molecule has 0 saturated carbocycles. The monoisotopic (exact) mass is 331 g/mol. The van der Waals surface area contributed by atoms with Crippen LogP contribution < -0.4 is 4.74 Å². The molecule has 0 N–H and O–H groups in total. The predicted octanol–water partition coefficient (Wildman–Crippen LogP) is 2.54. The van der Waals surface area contributed by atoms with Gasteiger partial charge in [0.25, 0.3) is 0 Å². The molecule has 130 valence electrons.